The van der Waals surface area contributed by atoms with Gasteiger partial charge in [0.1, 0.15) is 12.0 Å². The van der Waals surface area contributed by atoms with E-state index in [0.717, 1.165) is 19.5 Å². The van der Waals surface area contributed by atoms with Crippen molar-refractivity contribution in [1.29, 1.82) is 0 Å². The van der Waals surface area contributed by atoms with Gasteiger partial charge in [0.05, 0.1) is 10.6 Å². The van der Waals surface area contributed by atoms with E-state index in [1.165, 1.54) is 23.5 Å². The average molecular weight is 288 g/mol. The van der Waals surface area contributed by atoms with Crippen LogP contribution in [0.3, 0.4) is 0 Å². The lowest BCUT2D eigenvalue weighted by Crippen LogP contribution is -2.34. The van der Waals surface area contributed by atoms with Crippen LogP contribution < -0.4 is 4.90 Å². The number of nitro groups is 1. The van der Waals surface area contributed by atoms with Crippen molar-refractivity contribution >= 4 is 11.4 Å². The summed E-state index contributed by atoms with van der Waals surface area (Å²) in [7, 11) is 0. The van der Waals surface area contributed by atoms with Crippen LogP contribution in [0.15, 0.2) is 24.5 Å². The summed E-state index contributed by atoms with van der Waals surface area (Å²) >= 11 is 0. The number of anilines is 1. The van der Waals surface area contributed by atoms with E-state index >= 15 is 0 Å². The van der Waals surface area contributed by atoms with Crippen LogP contribution in [0.1, 0.15) is 19.8 Å². The zero-order valence-electron chi connectivity index (χ0n) is 11.7. The molecule has 110 valence electrons. The van der Waals surface area contributed by atoms with Gasteiger partial charge in [-0.1, -0.05) is 6.92 Å². The Hall–Kier alpha value is -2.51. The Kier molecular flexibility index (Phi) is 3.51. The molecule has 2 aromatic rings. The molecule has 3 rings (SSSR count). The predicted octanol–water partition coefficient (Wildman–Crippen LogP) is 1.81. The zero-order valence-corrected chi connectivity index (χ0v) is 11.7. The van der Waals surface area contributed by atoms with Gasteiger partial charge in [0.25, 0.3) is 5.69 Å². The molecule has 0 aliphatic carbocycles. The van der Waals surface area contributed by atoms with Gasteiger partial charge in [-0.2, -0.15) is 0 Å². The minimum absolute atomic E-state index is 0.0945. The maximum Gasteiger partial charge on any atom is 0.294 e. The molecule has 1 aliphatic heterocycles. The molecule has 0 N–H and O–H groups in total. The molecule has 1 fully saturated rings. The van der Waals surface area contributed by atoms with Gasteiger partial charge in [-0.15, -0.1) is 5.10 Å². The normalized spacial score (nSPS) is 18.7. The summed E-state index contributed by atoms with van der Waals surface area (Å²) in [5.74, 6) is 0.553. The van der Waals surface area contributed by atoms with Crippen molar-refractivity contribution in [2.75, 3.05) is 18.0 Å². The smallest absolute Gasteiger partial charge is 0.294 e. The Labute approximate surface area is 121 Å². The number of rotatable bonds is 3. The molecule has 1 saturated heterocycles. The van der Waals surface area contributed by atoms with E-state index in [2.05, 4.69) is 27.3 Å². The second-order valence-corrected chi connectivity index (χ2v) is 5.38. The van der Waals surface area contributed by atoms with Gasteiger partial charge in [-0.3, -0.25) is 10.1 Å². The van der Waals surface area contributed by atoms with Gasteiger partial charge in [0.2, 0.25) is 0 Å². The minimum Gasteiger partial charge on any atom is -0.366 e. The molecule has 8 nitrogen and oxygen atoms in total. The number of hydrogen-bond acceptors (Lipinski definition) is 6. The number of tetrazole rings is 1. The van der Waals surface area contributed by atoms with Crippen LogP contribution in [0.4, 0.5) is 11.4 Å². The molecular formula is C13H16N6O2. The van der Waals surface area contributed by atoms with Crippen molar-refractivity contribution < 1.29 is 4.92 Å². The van der Waals surface area contributed by atoms with Crippen LogP contribution in [0.25, 0.3) is 5.69 Å². The van der Waals surface area contributed by atoms with E-state index in [9.17, 15) is 10.1 Å². The van der Waals surface area contributed by atoms with Crippen molar-refractivity contribution in [2.45, 2.75) is 19.8 Å². The second kappa shape index (κ2) is 5.47. The zero-order chi connectivity index (χ0) is 14.8. The fraction of sp³-hybridized carbons (Fsp3) is 0.462. The Morgan fingerprint density at radius 3 is 2.95 bits per heavy atom. The molecule has 0 amide bonds. The summed E-state index contributed by atoms with van der Waals surface area (Å²) in [6.45, 7) is 3.88. The topological polar surface area (TPSA) is 90.0 Å². The molecule has 0 unspecified atom stereocenters. The lowest BCUT2D eigenvalue weighted by Gasteiger charge is -2.32. The fourth-order valence-electron chi connectivity index (χ4n) is 2.76. The Morgan fingerprint density at radius 2 is 2.29 bits per heavy atom. The highest BCUT2D eigenvalue weighted by Crippen LogP contribution is 2.33. The SMILES string of the molecule is C[C@@H]1CCCN(c2ccc(-n3cnnn3)cc2[N+](=O)[O-])C1. The summed E-state index contributed by atoms with van der Waals surface area (Å²) in [5, 5.41) is 22.2. The quantitative estimate of drug-likeness (QED) is 0.632. The number of piperidine rings is 1. The van der Waals surface area contributed by atoms with E-state index in [0.29, 0.717) is 17.3 Å². The lowest BCUT2D eigenvalue weighted by atomic mass is 9.99. The van der Waals surface area contributed by atoms with Gasteiger partial charge in [0.15, 0.2) is 0 Å². The summed E-state index contributed by atoms with van der Waals surface area (Å²) in [4.78, 5) is 13.1. The standard InChI is InChI=1S/C13H16N6O2/c1-10-3-2-6-17(8-10)12-5-4-11(7-13(12)19(20)21)18-9-14-15-16-18/h4-5,7,9-10H,2-3,6,8H2,1H3/t10-/m1/s1. The summed E-state index contributed by atoms with van der Waals surface area (Å²) < 4.78 is 1.41. The van der Waals surface area contributed by atoms with Crippen molar-refractivity contribution in [3.8, 4) is 5.69 Å². The highest BCUT2D eigenvalue weighted by atomic mass is 16.6. The second-order valence-electron chi connectivity index (χ2n) is 5.38. The van der Waals surface area contributed by atoms with E-state index in [4.69, 9.17) is 0 Å². The van der Waals surface area contributed by atoms with Gasteiger partial charge in [-0.25, -0.2) is 4.68 Å². The fourth-order valence-corrected chi connectivity index (χ4v) is 2.76. The van der Waals surface area contributed by atoms with Gasteiger partial charge < -0.3 is 4.90 Å². The first kappa shape index (κ1) is 13.5. The first-order valence-electron chi connectivity index (χ1n) is 6.92. The average Bonchev–Trinajstić information content (AvgIpc) is 3.01. The van der Waals surface area contributed by atoms with Gasteiger partial charge >= 0.3 is 0 Å². The molecule has 0 radical (unpaired) electrons. The third-order valence-electron chi connectivity index (χ3n) is 3.77. The van der Waals surface area contributed by atoms with Crippen LogP contribution >= 0.6 is 0 Å². The van der Waals surface area contributed by atoms with Crippen LogP contribution in [0.5, 0.6) is 0 Å². The van der Waals surface area contributed by atoms with Crippen LogP contribution in [0.2, 0.25) is 0 Å². The third kappa shape index (κ3) is 2.69. The Morgan fingerprint density at radius 1 is 1.43 bits per heavy atom. The first-order chi connectivity index (χ1) is 10.1. The highest BCUT2D eigenvalue weighted by Gasteiger charge is 2.24. The molecule has 21 heavy (non-hydrogen) atoms. The maximum absolute atomic E-state index is 11.4. The van der Waals surface area contributed by atoms with Crippen molar-refractivity contribution in [3.05, 3.63) is 34.6 Å². The first-order valence-corrected chi connectivity index (χ1v) is 6.92. The molecule has 0 bridgehead atoms. The van der Waals surface area contributed by atoms with Gasteiger partial charge in [0, 0.05) is 19.2 Å². The molecule has 1 aromatic carbocycles. The van der Waals surface area contributed by atoms with Gasteiger partial charge in [-0.05, 0) is 41.3 Å². The Bertz CT molecular complexity index is 642. The predicted molar refractivity (Wildman–Crippen MR) is 76.4 cm³/mol. The highest BCUT2D eigenvalue weighted by molar-refractivity contribution is 5.66. The van der Waals surface area contributed by atoms with E-state index in [1.807, 2.05) is 0 Å². The lowest BCUT2D eigenvalue weighted by molar-refractivity contribution is -0.384. The van der Waals surface area contributed by atoms with E-state index in [-0.39, 0.29) is 10.6 Å². The van der Waals surface area contributed by atoms with E-state index < -0.39 is 0 Å². The molecule has 0 spiro atoms. The number of hydrogen-bond donors (Lipinski definition) is 0. The number of nitrogens with zero attached hydrogens (tertiary/aromatic N) is 6. The van der Waals surface area contributed by atoms with Crippen molar-refractivity contribution in [3.63, 3.8) is 0 Å². The molecule has 0 saturated carbocycles. The summed E-state index contributed by atoms with van der Waals surface area (Å²) in [5.41, 5.74) is 1.35. The van der Waals surface area contributed by atoms with E-state index in [1.54, 1.807) is 12.1 Å². The number of benzene rings is 1. The molecule has 1 atom stereocenters. The van der Waals surface area contributed by atoms with Crippen molar-refractivity contribution in [2.24, 2.45) is 5.92 Å². The van der Waals surface area contributed by atoms with Crippen molar-refractivity contribution in [1.82, 2.24) is 20.2 Å². The van der Waals surface area contributed by atoms with Crippen LogP contribution in [-0.2, 0) is 0 Å². The minimum atomic E-state index is -0.345. The largest absolute Gasteiger partial charge is 0.366 e. The third-order valence-corrected chi connectivity index (χ3v) is 3.77. The summed E-state index contributed by atoms with van der Waals surface area (Å²) in [6.07, 6.45) is 3.65. The molecular weight excluding hydrogens is 272 g/mol. The monoisotopic (exact) mass is 288 g/mol. The number of nitro benzene ring substituents is 1. The van der Waals surface area contributed by atoms with Crippen LogP contribution in [0, 0.1) is 16.0 Å². The molecule has 1 aromatic heterocycles. The molecule has 8 heteroatoms. The molecule has 1 aliphatic rings. The molecule has 2 heterocycles. The summed E-state index contributed by atoms with van der Waals surface area (Å²) in [6, 6.07) is 5.11. The Balaban J connectivity index is 1.98. The maximum atomic E-state index is 11.4. The van der Waals surface area contributed by atoms with Crippen LogP contribution in [-0.4, -0.2) is 38.2 Å². The number of aromatic nitrogens is 4.